The minimum absolute atomic E-state index is 0.0131. The van der Waals surface area contributed by atoms with Crippen LogP contribution in [0.2, 0.25) is 0 Å². The maximum Gasteiger partial charge on any atom is 0.326 e. The molecular formula is C36H43N7O7S. The number of nitrogens with zero attached hydrogens (tertiary/aromatic N) is 4. The van der Waals surface area contributed by atoms with E-state index in [4.69, 9.17) is 10.1 Å². The van der Waals surface area contributed by atoms with E-state index in [2.05, 4.69) is 20.9 Å². The first-order chi connectivity index (χ1) is 24.6. The second-order valence-corrected chi connectivity index (χ2v) is 13.5. The Morgan fingerprint density at radius 3 is 2.12 bits per heavy atom. The van der Waals surface area contributed by atoms with Crippen LogP contribution in [-0.2, 0) is 32.1 Å². The minimum Gasteiger partial charge on any atom is -0.480 e. The van der Waals surface area contributed by atoms with Crippen molar-refractivity contribution in [3.63, 3.8) is 0 Å². The number of carbonyl (C=O) groups is 4. The van der Waals surface area contributed by atoms with Crippen LogP contribution in [0.5, 0.6) is 0 Å². The van der Waals surface area contributed by atoms with Crippen molar-refractivity contribution in [1.82, 2.24) is 35.6 Å². The molecule has 5 N–H and O–H groups in total. The predicted molar refractivity (Wildman–Crippen MR) is 195 cm³/mol. The number of hydrogen-bond donors (Lipinski definition) is 5. The molecule has 4 aromatic rings. The standard InChI is InChI=1S/C36H43N7O7S/c44-31(38-21-33(46)47)23-41-14-12-37-13-15-42(24-32(45)40-29(36(49)50)20-25-6-2-1-3-7-25)17-19-43(18-16-41)22-26-10-11-28-34(48)27-8-4-5-9-30(27)51-35(28)39-26/h1-11,29,37H,12-24H2,(H,38,44)(H,40,45)(H,46,47)(H,49,50)/t29-/m0/s1. The van der Waals surface area contributed by atoms with Gasteiger partial charge in [-0.3, -0.25) is 33.9 Å². The second kappa shape index (κ2) is 18.4. The van der Waals surface area contributed by atoms with Crippen molar-refractivity contribution >= 4 is 55.4 Å². The Kier molecular flexibility index (Phi) is 13.5. The van der Waals surface area contributed by atoms with Crippen LogP contribution in [0.1, 0.15) is 11.3 Å². The number of hydrogen-bond acceptors (Lipinski definition) is 11. The number of nitrogens with one attached hydrogen (secondary N) is 3. The molecule has 0 saturated carbocycles. The molecule has 1 saturated heterocycles. The lowest BCUT2D eigenvalue weighted by Crippen LogP contribution is -2.50. The van der Waals surface area contributed by atoms with E-state index >= 15 is 0 Å². The quantitative estimate of drug-likeness (QED) is 0.130. The summed E-state index contributed by atoms with van der Waals surface area (Å²) in [6, 6.07) is 19.2. The molecule has 0 radical (unpaired) electrons. The third-order valence-corrected chi connectivity index (χ3v) is 9.73. The fourth-order valence-corrected chi connectivity index (χ4v) is 7.00. The second-order valence-electron chi connectivity index (χ2n) is 12.5. The highest BCUT2D eigenvalue weighted by atomic mass is 32.1. The van der Waals surface area contributed by atoms with E-state index < -0.39 is 24.5 Å². The van der Waals surface area contributed by atoms with Crippen molar-refractivity contribution < 1.29 is 29.4 Å². The molecule has 270 valence electrons. The molecule has 2 aromatic heterocycles. The molecule has 51 heavy (non-hydrogen) atoms. The number of pyridine rings is 1. The van der Waals surface area contributed by atoms with Crippen LogP contribution in [0.4, 0.5) is 0 Å². The average molecular weight is 718 g/mol. The van der Waals surface area contributed by atoms with Crippen molar-refractivity contribution in [3.8, 4) is 0 Å². The van der Waals surface area contributed by atoms with Gasteiger partial charge < -0.3 is 26.2 Å². The smallest absolute Gasteiger partial charge is 0.326 e. The largest absolute Gasteiger partial charge is 0.480 e. The Morgan fingerprint density at radius 1 is 0.784 bits per heavy atom. The van der Waals surface area contributed by atoms with E-state index in [0.717, 1.165) is 16.0 Å². The zero-order chi connectivity index (χ0) is 36.2. The lowest BCUT2D eigenvalue weighted by Gasteiger charge is -2.31. The van der Waals surface area contributed by atoms with Crippen LogP contribution < -0.4 is 21.4 Å². The monoisotopic (exact) mass is 717 g/mol. The van der Waals surface area contributed by atoms with E-state index in [9.17, 15) is 29.1 Å². The lowest BCUT2D eigenvalue weighted by atomic mass is 10.1. The van der Waals surface area contributed by atoms with Gasteiger partial charge in [-0.15, -0.1) is 11.3 Å². The molecule has 0 spiro atoms. The summed E-state index contributed by atoms with van der Waals surface area (Å²) in [5.74, 6) is -2.97. The van der Waals surface area contributed by atoms with Gasteiger partial charge in [0.05, 0.1) is 24.2 Å². The summed E-state index contributed by atoms with van der Waals surface area (Å²) in [5, 5.41) is 28.5. The van der Waals surface area contributed by atoms with Crippen molar-refractivity contribution in [1.29, 1.82) is 0 Å². The van der Waals surface area contributed by atoms with Crippen LogP contribution in [0.25, 0.3) is 20.3 Å². The maximum atomic E-state index is 13.2. The third kappa shape index (κ3) is 11.4. The van der Waals surface area contributed by atoms with Crippen LogP contribution >= 0.6 is 11.3 Å². The molecule has 1 fully saturated rings. The van der Waals surface area contributed by atoms with Gasteiger partial charge in [0.1, 0.15) is 17.4 Å². The number of benzene rings is 2. The molecular weight excluding hydrogens is 675 g/mol. The first kappa shape index (κ1) is 37.5. The molecule has 3 heterocycles. The molecule has 5 rings (SSSR count). The number of aromatic nitrogens is 1. The average Bonchev–Trinajstić information content (AvgIpc) is 3.10. The number of carboxylic acids is 2. The molecule has 2 amide bonds. The SMILES string of the molecule is O=C(O)CNC(=O)CN1CCNCCN(CC(=O)N[C@@H](Cc2ccccc2)C(=O)O)CCN(Cc2ccc3c(=O)c4ccccc4sc3n2)CC1. The van der Waals surface area contributed by atoms with E-state index in [1.165, 1.54) is 11.3 Å². The number of carbonyl (C=O) groups excluding carboxylic acids is 2. The Hall–Kier alpha value is -4.80. The van der Waals surface area contributed by atoms with E-state index in [0.29, 0.717) is 74.5 Å². The highest BCUT2D eigenvalue weighted by Crippen LogP contribution is 2.23. The maximum absolute atomic E-state index is 13.2. The predicted octanol–water partition coefficient (Wildman–Crippen LogP) is 0.832. The Morgan fingerprint density at radius 2 is 1.43 bits per heavy atom. The first-order valence-electron chi connectivity index (χ1n) is 16.9. The molecule has 0 bridgehead atoms. The molecule has 15 heteroatoms. The van der Waals surface area contributed by atoms with E-state index in [-0.39, 0.29) is 36.8 Å². The van der Waals surface area contributed by atoms with Crippen LogP contribution in [-0.4, -0.2) is 132 Å². The summed E-state index contributed by atoms with van der Waals surface area (Å²) in [4.78, 5) is 73.4. The molecule has 14 nitrogen and oxygen atoms in total. The lowest BCUT2D eigenvalue weighted by molar-refractivity contribution is -0.142. The molecule has 1 atom stereocenters. The Balaban J connectivity index is 1.30. The number of aliphatic carboxylic acids is 2. The zero-order valence-electron chi connectivity index (χ0n) is 28.3. The van der Waals surface area contributed by atoms with Crippen LogP contribution in [0.15, 0.2) is 71.5 Å². The normalized spacial score (nSPS) is 16.2. The molecule has 1 aliphatic rings. The van der Waals surface area contributed by atoms with Gasteiger partial charge in [-0.25, -0.2) is 9.78 Å². The fraction of sp³-hybridized carbons (Fsp3) is 0.389. The van der Waals surface area contributed by atoms with Crippen molar-refractivity contribution in [2.45, 2.75) is 19.0 Å². The summed E-state index contributed by atoms with van der Waals surface area (Å²) in [6.45, 7) is 4.29. The molecule has 0 aliphatic carbocycles. The van der Waals surface area contributed by atoms with Gasteiger partial charge in [0.25, 0.3) is 0 Å². The van der Waals surface area contributed by atoms with Gasteiger partial charge in [-0.2, -0.15) is 0 Å². The Labute approximate surface area is 299 Å². The first-order valence-corrected chi connectivity index (χ1v) is 17.7. The zero-order valence-corrected chi connectivity index (χ0v) is 29.1. The van der Waals surface area contributed by atoms with Gasteiger partial charge in [-0.1, -0.05) is 42.5 Å². The summed E-state index contributed by atoms with van der Waals surface area (Å²) in [7, 11) is 0. The number of amides is 2. The highest BCUT2D eigenvalue weighted by Gasteiger charge is 2.23. The number of fused-ring (bicyclic) bond motifs is 2. The van der Waals surface area contributed by atoms with Gasteiger partial charge in [0.15, 0.2) is 5.43 Å². The van der Waals surface area contributed by atoms with Gasteiger partial charge in [-0.05, 0) is 29.8 Å². The summed E-state index contributed by atoms with van der Waals surface area (Å²) < 4.78 is 0.860. The summed E-state index contributed by atoms with van der Waals surface area (Å²) >= 11 is 1.46. The van der Waals surface area contributed by atoms with Gasteiger partial charge >= 0.3 is 11.9 Å². The fourth-order valence-electron chi connectivity index (χ4n) is 5.94. The van der Waals surface area contributed by atoms with Crippen LogP contribution in [0, 0.1) is 0 Å². The van der Waals surface area contributed by atoms with Crippen molar-refractivity contribution in [2.75, 3.05) is 72.0 Å². The van der Waals surface area contributed by atoms with Crippen molar-refractivity contribution in [3.05, 3.63) is 88.2 Å². The minimum atomic E-state index is -1.11. The molecule has 1 aliphatic heterocycles. The topological polar surface area (TPSA) is 185 Å². The van der Waals surface area contributed by atoms with E-state index in [1.807, 2.05) is 76.5 Å². The van der Waals surface area contributed by atoms with E-state index in [1.54, 1.807) is 0 Å². The highest BCUT2D eigenvalue weighted by molar-refractivity contribution is 7.24. The number of carboxylic acid groups (broad SMARTS) is 2. The van der Waals surface area contributed by atoms with Crippen molar-refractivity contribution in [2.24, 2.45) is 0 Å². The Bertz CT molecular complexity index is 1890. The van der Waals surface area contributed by atoms with Gasteiger partial charge in [0, 0.05) is 75.4 Å². The van der Waals surface area contributed by atoms with Gasteiger partial charge in [0.2, 0.25) is 11.8 Å². The third-order valence-electron chi connectivity index (χ3n) is 8.65. The summed E-state index contributed by atoms with van der Waals surface area (Å²) in [6.07, 6.45) is 0.172. The summed E-state index contributed by atoms with van der Waals surface area (Å²) in [5.41, 5.74) is 1.52. The molecule has 0 unspecified atom stereocenters. The van der Waals surface area contributed by atoms with Crippen LogP contribution in [0.3, 0.4) is 0 Å². The number of rotatable bonds is 12. The molecule has 2 aromatic carbocycles.